The molecule has 7 heteroatoms. The average Bonchev–Trinajstić information content (AvgIpc) is 2.25. The van der Waals surface area contributed by atoms with Crippen molar-refractivity contribution in [3.05, 3.63) is 39.4 Å². The van der Waals surface area contributed by atoms with E-state index in [0.29, 0.717) is 11.1 Å². The van der Waals surface area contributed by atoms with E-state index in [1.54, 1.807) is 6.92 Å². The molecule has 0 spiro atoms. The van der Waals surface area contributed by atoms with Gasteiger partial charge in [-0.15, -0.1) is 0 Å². The summed E-state index contributed by atoms with van der Waals surface area (Å²) in [6.45, 7) is 1.99. The highest BCUT2D eigenvalue weighted by Crippen LogP contribution is 2.23. The Labute approximate surface area is 108 Å². The third-order valence-electron chi connectivity index (χ3n) is 3.17. The van der Waals surface area contributed by atoms with Gasteiger partial charge in [-0.05, 0) is 18.6 Å². The molecule has 0 saturated carbocycles. The standard InChI is InChI=1S/C12H12N2O5/c1-7-4-9(14(18)19)2-3-10(7)11(15)13-5-8(6-13)12(16)17/h2-4,8H,5-6H2,1H3,(H,16,17). The van der Waals surface area contributed by atoms with Crippen LogP contribution >= 0.6 is 0 Å². The minimum Gasteiger partial charge on any atom is -0.481 e. The number of carboxylic acid groups (broad SMARTS) is 1. The lowest BCUT2D eigenvalue weighted by molar-refractivity contribution is -0.384. The number of aryl methyl sites for hydroxylation is 1. The van der Waals surface area contributed by atoms with Crippen LogP contribution in [0, 0.1) is 23.0 Å². The summed E-state index contributed by atoms with van der Waals surface area (Å²) in [7, 11) is 0. The Morgan fingerprint density at radius 1 is 1.42 bits per heavy atom. The molecule has 0 atom stereocenters. The van der Waals surface area contributed by atoms with Crippen LogP contribution in [0.15, 0.2) is 18.2 Å². The topological polar surface area (TPSA) is 101 Å². The van der Waals surface area contributed by atoms with Crippen molar-refractivity contribution in [3.8, 4) is 0 Å². The Bertz CT molecular complexity index is 563. The number of hydrogen-bond donors (Lipinski definition) is 1. The number of carbonyl (C=O) groups excluding carboxylic acids is 1. The highest BCUT2D eigenvalue weighted by molar-refractivity contribution is 5.97. The van der Waals surface area contributed by atoms with Gasteiger partial charge in [-0.3, -0.25) is 19.7 Å². The van der Waals surface area contributed by atoms with E-state index < -0.39 is 16.8 Å². The molecule has 1 fully saturated rings. The molecule has 0 bridgehead atoms. The van der Waals surface area contributed by atoms with E-state index in [0.717, 1.165) is 0 Å². The molecule has 1 heterocycles. The summed E-state index contributed by atoms with van der Waals surface area (Å²) in [6, 6.07) is 4.01. The predicted molar refractivity (Wildman–Crippen MR) is 64.9 cm³/mol. The monoisotopic (exact) mass is 264 g/mol. The number of nitro benzene ring substituents is 1. The lowest BCUT2D eigenvalue weighted by Gasteiger charge is -2.36. The zero-order valence-electron chi connectivity index (χ0n) is 10.2. The van der Waals surface area contributed by atoms with Gasteiger partial charge in [0.2, 0.25) is 0 Å². The Morgan fingerprint density at radius 2 is 2.05 bits per heavy atom. The fraction of sp³-hybridized carbons (Fsp3) is 0.333. The Hall–Kier alpha value is -2.44. The predicted octanol–water partition coefficient (Wildman–Crippen LogP) is 1.06. The SMILES string of the molecule is Cc1cc([N+](=O)[O-])ccc1C(=O)N1CC(C(=O)O)C1. The number of hydrogen-bond acceptors (Lipinski definition) is 4. The molecule has 0 radical (unpaired) electrons. The lowest BCUT2D eigenvalue weighted by atomic mass is 9.98. The number of non-ortho nitro benzene ring substituents is 1. The first-order chi connectivity index (χ1) is 8.90. The zero-order valence-corrected chi connectivity index (χ0v) is 10.2. The van der Waals surface area contributed by atoms with Gasteiger partial charge in [0.1, 0.15) is 0 Å². The Morgan fingerprint density at radius 3 is 2.53 bits per heavy atom. The number of amides is 1. The average molecular weight is 264 g/mol. The van der Waals surface area contributed by atoms with Crippen molar-refractivity contribution >= 4 is 17.6 Å². The van der Waals surface area contributed by atoms with Gasteiger partial charge in [0.15, 0.2) is 0 Å². The van der Waals surface area contributed by atoms with Gasteiger partial charge in [-0.25, -0.2) is 0 Å². The smallest absolute Gasteiger partial charge is 0.310 e. The minimum absolute atomic E-state index is 0.0685. The van der Waals surface area contributed by atoms with Crippen LogP contribution in [0.5, 0.6) is 0 Å². The molecular formula is C12H12N2O5. The molecule has 1 N–H and O–H groups in total. The first-order valence-corrected chi connectivity index (χ1v) is 5.67. The maximum atomic E-state index is 12.1. The first kappa shape index (κ1) is 13.0. The third kappa shape index (κ3) is 2.40. The quantitative estimate of drug-likeness (QED) is 0.649. The molecule has 1 amide bonds. The van der Waals surface area contributed by atoms with Gasteiger partial charge < -0.3 is 10.0 Å². The van der Waals surface area contributed by atoms with Crippen LogP contribution in [0.25, 0.3) is 0 Å². The van der Waals surface area contributed by atoms with Crippen molar-refractivity contribution in [2.75, 3.05) is 13.1 Å². The van der Waals surface area contributed by atoms with E-state index in [9.17, 15) is 19.7 Å². The molecule has 2 rings (SSSR count). The lowest BCUT2D eigenvalue weighted by Crippen LogP contribution is -2.53. The van der Waals surface area contributed by atoms with Gasteiger partial charge in [0, 0.05) is 30.8 Å². The van der Waals surface area contributed by atoms with Gasteiger partial charge >= 0.3 is 5.97 Å². The van der Waals surface area contributed by atoms with Crippen LogP contribution in [-0.2, 0) is 4.79 Å². The Balaban J connectivity index is 2.13. The number of benzene rings is 1. The van der Waals surface area contributed by atoms with Crippen molar-refractivity contribution < 1.29 is 19.6 Å². The molecule has 7 nitrogen and oxygen atoms in total. The van der Waals surface area contributed by atoms with Crippen molar-refractivity contribution in [1.82, 2.24) is 4.90 Å². The van der Waals surface area contributed by atoms with Crippen molar-refractivity contribution in [2.45, 2.75) is 6.92 Å². The summed E-state index contributed by atoms with van der Waals surface area (Å²) in [5, 5.41) is 19.3. The van der Waals surface area contributed by atoms with Crippen LogP contribution in [0.1, 0.15) is 15.9 Å². The van der Waals surface area contributed by atoms with E-state index in [4.69, 9.17) is 5.11 Å². The van der Waals surface area contributed by atoms with E-state index >= 15 is 0 Å². The maximum absolute atomic E-state index is 12.1. The van der Waals surface area contributed by atoms with E-state index in [1.807, 2.05) is 0 Å². The minimum atomic E-state index is -0.913. The van der Waals surface area contributed by atoms with E-state index in [-0.39, 0.29) is 24.7 Å². The molecule has 1 aliphatic heterocycles. The molecule has 1 aromatic carbocycles. The van der Waals surface area contributed by atoms with Crippen molar-refractivity contribution in [3.63, 3.8) is 0 Å². The second kappa shape index (κ2) is 4.68. The van der Waals surface area contributed by atoms with E-state index in [2.05, 4.69) is 0 Å². The summed E-state index contributed by atoms with van der Waals surface area (Å²) < 4.78 is 0. The molecule has 19 heavy (non-hydrogen) atoms. The molecule has 100 valence electrons. The molecule has 1 aliphatic rings. The van der Waals surface area contributed by atoms with Gasteiger partial charge in [0.25, 0.3) is 11.6 Å². The summed E-state index contributed by atoms with van der Waals surface area (Å²) >= 11 is 0. The number of aliphatic carboxylic acids is 1. The second-order valence-electron chi connectivity index (χ2n) is 4.50. The van der Waals surface area contributed by atoms with E-state index in [1.165, 1.54) is 23.1 Å². The Kier molecular flexibility index (Phi) is 3.20. The van der Waals surface area contributed by atoms with Gasteiger partial charge in [-0.2, -0.15) is 0 Å². The molecular weight excluding hydrogens is 252 g/mol. The highest BCUT2D eigenvalue weighted by atomic mass is 16.6. The van der Waals surface area contributed by atoms with Crippen LogP contribution in [-0.4, -0.2) is 39.9 Å². The summed E-state index contributed by atoms with van der Waals surface area (Å²) in [6.07, 6.45) is 0. The van der Waals surface area contributed by atoms with Crippen LogP contribution < -0.4 is 0 Å². The summed E-state index contributed by atoms with van der Waals surface area (Å²) in [5.74, 6) is -1.71. The van der Waals surface area contributed by atoms with Crippen LogP contribution in [0.2, 0.25) is 0 Å². The number of nitrogens with zero attached hydrogens (tertiary/aromatic N) is 2. The van der Waals surface area contributed by atoms with Crippen LogP contribution in [0.4, 0.5) is 5.69 Å². The first-order valence-electron chi connectivity index (χ1n) is 5.67. The maximum Gasteiger partial charge on any atom is 0.310 e. The largest absolute Gasteiger partial charge is 0.481 e. The van der Waals surface area contributed by atoms with Crippen molar-refractivity contribution in [2.24, 2.45) is 5.92 Å². The number of carbonyl (C=O) groups is 2. The zero-order chi connectivity index (χ0) is 14.2. The fourth-order valence-corrected chi connectivity index (χ4v) is 1.97. The number of nitro groups is 1. The highest BCUT2D eigenvalue weighted by Gasteiger charge is 2.36. The number of carboxylic acids is 1. The molecule has 1 saturated heterocycles. The second-order valence-corrected chi connectivity index (χ2v) is 4.50. The number of rotatable bonds is 3. The molecule has 0 aromatic heterocycles. The van der Waals surface area contributed by atoms with Crippen LogP contribution in [0.3, 0.4) is 0 Å². The van der Waals surface area contributed by atoms with Gasteiger partial charge in [-0.1, -0.05) is 0 Å². The molecule has 0 aliphatic carbocycles. The third-order valence-corrected chi connectivity index (χ3v) is 3.17. The van der Waals surface area contributed by atoms with Crippen molar-refractivity contribution in [1.29, 1.82) is 0 Å². The van der Waals surface area contributed by atoms with Gasteiger partial charge in [0.05, 0.1) is 10.8 Å². The summed E-state index contributed by atoms with van der Waals surface area (Å²) in [5.41, 5.74) is 0.813. The summed E-state index contributed by atoms with van der Waals surface area (Å²) in [4.78, 5) is 34.2. The molecule has 0 unspecified atom stereocenters. The normalized spacial score (nSPS) is 14.9. The number of likely N-dealkylation sites (tertiary alicyclic amines) is 1. The fourth-order valence-electron chi connectivity index (χ4n) is 1.97. The molecule has 1 aromatic rings.